The Morgan fingerprint density at radius 2 is 2.36 bits per heavy atom. The molecule has 2 rings (SSSR count). The molecule has 1 heterocycles. The van der Waals surface area contributed by atoms with E-state index in [1.54, 1.807) is 0 Å². The van der Waals surface area contributed by atoms with E-state index < -0.39 is 0 Å². The lowest BCUT2D eigenvalue weighted by molar-refractivity contribution is 0.340. The van der Waals surface area contributed by atoms with Crippen LogP contribution in [0, 0.1) is 0 Å². The van der Waals surface area contributed by atoms with Gasteiger partial charge in [0, 0.05) is 5.56 Å². The van der Waals surface area contributed by atoms with Crippen LogP contribution >= 0.6 is 0 Å². The highest BCUT2D eigenvalue weighted by Gasteiger charge is 2.03. The van der Waals surface area contributed by atoms with E-state index in [-0.39, 0.29) is 0 Å². The number of aromatic nitrogens is 2. The van der Waals surface area contributed by atoms with Gasteiger partial charge in [0.15, 0.2) is 0 Å². The third-order valence-electron chi connectivity index (χ3n) is 1.75. The van der Waals surface area contributed by atoms with E-state index in [0.717, 1.165) is 11.3 Å². The zero-order valence-electron chi connectivity index (χ0n) is 7.80. The van der Waals surface area contributed by atoms with E-state index in [4.69, 9.17) is 9.15 Å². The van der Waals surface area contributed by atoms with E-state index in [1.165, 1.54) is 6.39 Å². The molecule has 0 saturated heterocycles. The molecule has 0 bridgehead atoms. The number of benzene rings is 1. The molecule has 0 spiro atoms. The summed E-state index contributed by atoms with van der Waals surface area (Å²) in [6, 6.07) is 7.56. The Kier molecular flexibility index (Phi) is 2.44. The molecule has 72 valence electrons. The zero-order valence-corrected chi connectivity index (χ0v) is 7.80. The van der Waals surface area contributed by atoms with Crippen LogP contribution in [0.15, 0.2) is 35.1 Å². The van der Waals surface area contributed by atoms with Gasteiger partial charge in [0.05, 0.1) is 6.61 Å². The van der Waals surface area contributed by atoms with Crippen molar-refractivity contribution in [3.05, 3.63) is 30.7 Å². The van der Waals surface area contributed by atoms with Crippen LogP contribution in [-0.2, 0) is 0 Å². The third kappa shape index (κ3) is 1.74. The predicted molar refractivity (Wildman–Crippen MR) is 50.9 cm³/mol. The van der Waals surface area contributed by atoms with Gasteiger partial charge in [-0.3, -0.25) is 0 Å². The highest BCUT2D eigenvalue weighted by Crippen LogP contribution is 2.21. The van der Waals surface area contributed by atoms with Crippen LogP contribution < -0.4 is 4.74 Å². The van der Waals surface area contributed by atoms with Crippen molar-refractivity contribution in [3.63, 3.8) is 0 Å². The van der Waals surface area contributed by atoms with Crippen LogP contribution in [0.5, 0.6) is 5.75 Å². The first-order valence-electron chi connectivity index (χ1n) is 4.39. The van der Waals surface area contributed by atoms with Crippen molar-refractivity contribution in [1.82, 2.24) is 10.2 Å². The van der Waals surface area contributed by atoms with Crippen LogP contribution in [0.1, 0.15) is 6.92 Å². The topological polar surface area (TPSA) is 48.2 Å². The molecule has 0 atom stereocenters. The Labute approximate surface area is 81.5 Å². The second-order valence-corrected chi connectivity index (χ2v) is 2.70. The summed E-state index contributed by atoms with van der Waals surface area (Å²) < 4.78 is 10.4. The monoisotopic (exact) mass is 190 g/mol. The van der Waals surface area contributed by atoms with Crippen molar-refractivity contribution in [2.75, 3.05) is 6.61 Å². The van der Waals surface area contributed by atoms with Crippen LogP contribution in [0.2, 0.25) is 0 Å². The van der Waals surface area contributed by atoms with Crippen LogP contribution in [0.25, 0.3) is 11.5 Å². The predicted octanol–water partition coefficient (Wildman–Crippen LogP) is 2.14. The molecule has 0 aliphatic heterocycles. The Morgan fingerprint density at radius 3 is 3.07 bits per heavy atom. The van der Waals surface area contributed by atoms with E-state index in [0.29, 0.717) is 12.5 Å². The van der Waals surface area contributed by atoms with Crippen molar-refractivity contribution in [1.29, 1.82) is 0 Å². The van der Waals surface area contributed by atoms with E-state index in [9.17, 15) is 0 Å². The number of rotatable bonds is 3. The summed E-state index contributed by atoms with van der Waals surface area (Å²) in [5.74, 6) is 1.31. The first-order valence-corrected chi connectivity index (χ1v) is 4.39. The molecule has 2 aromatic rings. The SMILES string of the molecule is CCOc1cccc(-c2nnco2)c1. The lowest BCUT2D eigenvalue weighted by Crippen LogP contribution is -1.91. The van der Waals surface area contributed by atoms with Gasteiger partial charge in [-0.1, -0.05) is 6.07 Å². The maximum Gasteiger partial charge on any atom is 0.247 e. The second kappa shape index (κ2) is 3.91. The number of hydrogen-bond acceptors (Lipinski definition) is 4. The van der Waals surface area contributed by atoms with Gasteiger partial charge in [-0.05, 0) is 25.1 Å². The van der Waals surface area contributed by atoms with Gasteiger partial charge in [-0.15, -0.1) is 10.2 Å². The summed E-state index contributed by atoms with van der Waals surface area (Å²) in [5, 5.41) is 7.43. The van der Waals surface area contributed by atoms with Gasteiger partial charge in [-0.25, -0.2) is 0 Å². The lowest BCUT2D eigenvalue weighted by Gasteiger charge is -2.02. The molecule has 0 amide bonds. The minimum absolute atomic E-state index is 0.506. The van der Waals surface area contributed by atoms with Gasteiger partial charge in [0.25, 0.3) is 0 Å². The summed E-state index contributed by atoms with van der Waals surface area (Å²) in [4.78, 5) is 0. The van der Waals surface area contributed by atoms with Crippen molar-refractivity contribution >= 4 is 0 Å². The van der Waals surface area contributed by atoms with Crippen molar-refractivity contribution in [2.24, 2.45) is 0 Å². The molecule has 0 radical (unpaired) electrons. The zero-order chi connectivity index (χ0) is 9.80. The van der Waals surface area contributed by atoms with Gasteiger partial charge < -0.3 is 9.15 Å². The minimum Gasteiger partial charge on any atom is -0.494 e. The van der Waals surface area contributed by atoms with Crippen LogP contribution in [0.4, 0.5) is 0 Å². The molecule has 4 nitrogen and oxygen atoms in total. The average molecular weight is 190 g/mol. The molecule has 0 N–H and O–H groups in total. The summed E-state index contributed by atoms with van der Waals surface area (Å²) in [7, 11) is 0. The fourth-order valence-electron chi connectivity index (χ4n) is 1.18. The number of hydrogen-bond donors (Lipinski definition) is 0. The molecule has 0 fully saturated rings. The number of nitrogens with zero attached hydrogens (tertiary/aromatic N) is 2. The fraction of sp³-hybridized carbons (Fsp3) is 0.200. The molecule has 0 saturated carbocycles. The fourth-order valence-corrected chi connectivity index (χ4v) is 1.18. The molecule has 0 aliphatic carbocycles. The Balaban J connectivity index is 2.31. The standard InChI is InChI=1S/C10H10N2O2/c1-2-13-9-5-3-4-8(6-9)10-12-11-7-14-10/h3-7H,2H2,1H3. The first-order chi connectivity index (χ1) is 6.90. The van der Waals surface area contributed by atoms with Crippen LogP contribution in [-0.4, -0.2) is 16.8 Å². The van der Waals surface area contributed by atoms with Crippen LogP contribution in [0.3, 0.4) is 0 Å². The maximum atomic E-state index is 5.35. The molecule has 0 aliphatic rings. The Morgan fingerprint density at radius 1 is 1.43 bits per heavy atom. The largest absolute Gasteiger partial charge is 0.494 e. The normalized spacial score (nSPS) is 10.1. The smallest absolute Gasteiger partial charge is 0.247 e. The highest BCUT2D eigenvalue weighted by atomic mass is 16.5. The third-order valence-corrected chi connectivity index (χ3v) is 1.75. The lowest BCUT2D eigenvalue weighted by atomic mass is 10.2. The highest BCUT2D eigenvalue weighted by molar-refractivity contribution is 5.55. The van der Waals surface area contributed by atoms with Crippen molar-refractivity contribution in [2.45, 2.75) is 6.92 Å². The molecular formula is C10H10N2O2. The maximum absolute atomic E-state index is 5.35. The van der Waals surface area contributed by atoms with E-state index >= 15 is 0 Å². The molecule has 4 heteroatoms. The molecule has 1 aromatic carbocycles. The van der Waals surface area contributed by atoms with Gasteiger partial charge in [0.2, 0.25) is 12.3 Å². The van der Waals surface area contributed by atoms with Gasteiger partial charge >= 0.3 is 0 Å². The quantitative estimate of drug-likeness (QED) is 0.743. The summed E-state index contributed by atoms with van der Waals surface area (Å²) in [5.41, 5.74) is 0.869. The second-order valence-electron chi connectivity index (χ2n) is 2.70. The van der Waals surface area contributed by atoms with E-state index in [1.807, 2.05) is 31.2 Å². The molecular weight excluding hydrogens is 180 g/mol. The number of ether oxygens (including phenoxy) is 1. The molecule has 0 unspecified atom stereocenters. The van der Waals surface area contributed by atoms with Gasteiger partial charge in [-0.2, -0.15) is 0 Å². The Bertz CT molecular complexity index is 398. The van der Waals surface area contributed by atoms with E-state index in [2.05, 4.69) is 10.2 Å². The summed E-state index contributed by atoms with van der Waals surface area (Å²) in [6.45, 7) is 2.59. The average Bonchev–Trinajstić information content (AvgIpc) is 2.71. The first kappa shape index (κ1) is 8.74. The summed E-state index contributed by atoms with van der Waals surface area (Å²) >= 11 is 0. The van der Waals surface area contributed by atoms with Crippen molar-refractivity contribution < 1.29 is 9.15 Å². The van der Waals surface area contributed by atoms with Crippen molar-refractivity contribution in [3.8, 4) is 17.2 Å². The molecule has 1 aromatic heterocycles. The Hall–Kier alpha value is -1.84. The minimum atomic E-state index is 0.506. The summed E-state index contributed by atoms with van der Waals surface area (Å²) in [6.07, 6.45) is 1.31. The van der Waals surface area contributed by atoms with Gasteiger partial charge in [0.1, 0.15) is 5.75 Å². The molecule has 14 heavy (non-hydrogen) atoms.